The molecule has 2 aromatic carbocycles. The van der Waals surface area contributed by atoms with E-state index in [0.717, 1.165) is 31.4 Å². The van der Waals surface area contributed by atoms with Gasteiger partial charge >= 0.3 is 6.01 Å². The van der Waals surface area contributed by atoms with Gasteiger partial charge < -0.3 is 19.4 Å². The van der Waals surface area contributed by atoms with E-state index in [1.807, 2.05) is 23.1 Å². The summed E-state index contributed by atoms with van der Waals surface area (Å²) in [6.45, 7) is 6.42. The second-order valence-corrected chi connectivity index (χ2v) is 12.1. The highest BCUT2D eigenvalue weighted by atomic mass is 19.1. The first-order valence-electron chi connectivity index (χ1n) is 15.0. The van der Waals surface area contributed by atoms with Crippen molar-refractivity contribution in [2.24, 2.45) is 5.92 Å². The van der Waals surface area contributed by atoms with Crippen molar-refractivity contribution in [1.29, 1.82) is 5.26 Å². The molecule has 1 aromatic heterocycles. The molecule has 0 spiro atoms. The molecule has 1 amide bonds. The van der Waals surface area contributed by atoms with Gasteiger partial charge in [-0.2, -0.15) is 15.2 Å². The number of likely N-dealkylation sites (tertiary alicyclic amines) is 1. The Kier molecular flexibility index (Phi) is 6.82. The van der Waals surface area contributed by atoms with Crippen LogP contribution in [-0.2, 0) is 11.2 Å². The first-order valence-corrected chi connectivity index (χ1v) is 15.0. The maximum atomic E-state index is 16.1. The third-order valence-corrected chi connectivity index (χ3v) is 9.65. The summed E-state index contributed by atoms with van der Waals surface area (Å²) >= 11 is 0. The molecule has 0 bridgehead atoms. The Hall–Kier alpha value is -4.03. The van der Waals surface area contributed by atoms with Crippen molar-refractivity contribution < 1.29 is 13.9 Å². The highest BCUT2D eigenvalue weighted by molar-refractivity contribution is 5.94. The van der Waals surface area contributed by atoms with Crippen LogP contribution in [-0.4, -0.2) is 77.6 Å². The molecule has 3 fully saturated rings. The van der Waals surface area contributed by atoms with Crippen LogP contribution in [0.3, 0.4) is 0 Å². The van der Waals surface area contributed by atoms with Crippen molar-refractivity contribution in [3.63, 3.8) is 0 Å². The number of anilines is 1. The van der Waals surface area contributed by atoms with E-state index in [0.29, 0.717) is 66.4 Å². The highest BCUT2D eigenvalue weighted by Crippen LogP contribution is 2.58. The number of amides is 1. The molecule has 2 saturated heterocycles. The Morgan fingerprint density at radius 2 is 2.10 bits per heavy atom. The summed E-state index contributed by atoms with van der Waals surface area (Å²) in [6.07, 6.45) is 5.91. The molecule has 3 heterocycles. The van der Waals surface area contributed by atoms with Gasteiger partial charge in [-0.15, -0.1) is 0 Å². The average molecular weight is 567 g/mol. The Labute approximate surface area is 245 Å². The van der Waals surface area contributed by atoms with Gasteiger partial charge in [-0.25, -0.2) is 4.39 Å². The minimum absolute atomic E-state index is 0.177. The highest BCUT2D eigenvalue weighted by Gasteiger charge is 2.46. The quantitative estimate of drug-likeness (QED) is 0.384. The maximum Gasteiger partial charge on any atom is 0.319 e. The molecular weight excluding hydrogens is 531 g/mol. The van der Waals surface area contributed by atoms with Crippen LogP contribution in [0.15, 0.2) is 43.0 Å². The topological polar surface area (TPSA) is 85.6 Å². The number of piperazine rings is 1. The number of aromatic nitrogens is 2. The lowest BCUT2D eigenvalue weighted by Crippen LogP contribution is -2.55. The van der Waals surface area contributed by atoms with Gasteiger partial charge in [0.2, 0.25) is 5.91 Å². The molecular formula is C33H35FN6O2. The van der Waals surface area contributed by atoms with Crippen LogP contribution in [0.1, 0.15) is 42.7 Å². The van der Waals surface area contributed by atoms with Gasteiger partial charge in [-0.3, -0.25) is 4.79 Å². The van der Waals surface area contributed by atoms with E-state index in [4.69, 9.17) is 14.7 Å². The second kappa shape index (κ2) is 10.7. The fourth-order valence-electron chi connectivity index (χ4n) is 7.29. The van der Waals surface area contributed by atoms with Crippen LogP contribution in [0.25, 0.3) is 22.0 Å². The van der Waals surface area contributed by atoms with Gasteiger partial charge in [0.05, 0.1) is 24.0 Å². The smallest absolute Gasteiger partial charge is 0.319 e. The fourth-order valence-corrected chi connectivity index (χ4v) is 7.29. The van der Waals surface area contributed by atoms with E-state index in [1.165, 1.54) is 23.6 Å². The molecule has 216 valence electrons. The maximum absolute atomic E-state index is 16.1. The molecule has 1 saturated carbocycles. The summed E-state index contributed by atoms with van der Waals surface area (Å²) in [5, 5.41) is 10.1. The minimum Gasteiger partial charge on any atom is -0.462 e. The third kappa shape index (κ3) is 4.68. The Morgan fingerprint density at radius 1 is 1.21 bits per heavy atom. The molecule has 0 N–H and O–H groups in total. The fraction of sp³-hybridized carbons (Fsp3) is 0.455. The number of benzene rings is 2. The van der Waals surface area contributed by atoms with Crippen molar-refractivity contribution >= 4 is 22.6 Å². The number of likely N-dealkylation sites (N-methyl/N-ethyl adjacent to an activating group) is 1. The third-order valence-electron chi connectivity index (χ3n) is 9.65. The first kappa shape index (κ1) is 26.8. The average Bonchev–Trinajstić information content (AvgIpc) is 3.47. The lowest BCUT2D eigenvalue weighted by Gasteiger charge is -2.41. The largest absolute Gasteiger partial charge is 0.462 e. The predicted molar refractivity (Wildman–Crippen MR) is 159 cm³/mol. The van der Waals surface area contributed by atoms with E-state index in [1.54, 1.807) is 11.0 Å². The van der Waals surface area contributed by atoms with Crippen LogP contribution in [0.4, 0.5) is 10.2 Å². The number of carbonyl (C=O) groups is 1. The normalized spacial score (nSPS) is 24.8. The molecule has 4 atom stereocenters. The summed E-state index contributed by atoms with van der Waals surface area (Å²) in [5.41, 5.74) is 4.75. The minimum atomic E-state index is -0.335. The van der Waals surface area contributed by atoms with Gasteiger partial charge in [0.15, 0.2) is 0 Å². The number of hydrogen-bond acceptors (Lipinski definition) is 7. The number of nitriles is 1. The van der Waals surface area contributed by atoms with Crippen molar-refractivity contribution in [2.75, 3.05) is 44.7 Å². The lowest BCUT2D eigenvalue weighted by molar-refractivity contribution is -0.128. The predicted octanol–water partition coefficient (Wildman–Crippen LogP) is 4.69. The number of hydrogen-bond donors (Lipinski definition) is 0. The van der Waals surface area contributed by atoms with E-state index >= 15 is 4.39 Å². The molecule has 9 heteroatoms. The van der Waals surface area contributed by atoms with Gasteiger partial charge in [-0.05, 0) is 86.0 Å². The molecule has 0 unspecified atom stereocenters. The molecule has 2 aliphatic carbocycles. The summed E-state index contributed by atoms with van der Waals surface area (Å²) in [6, 6.07) is 12.1. The van der Waals surface area contributed by atoms with Crippen molar-refractivity contribution in [3.05, 3.63) is 59.9 Å². The molecule has 3 aromatic rings. The van der Waals surface area contributed by atoms with E-state index in [9.17, 15) is 10.1 Å². The number of halogens is 1. The van der Waals surface area contributed by atoms with Gasteiger partial charge in [0.1, 0.15) is 18.2 Å². The van der Waals surface area contributed by atoms with E-state index < -0.39 is 0 Å². The SMILES string of the molecule is C=CC(=O)N1CCN(c2nc(OC[C@@H]3CCCN3C)nc3cc(-c4cccc5c4[C@@H]4C[C@@H]4C5)c(F)cc23)C[C@@H]1CC#N. The second-order valence-electron chi connectivity index (χ2n) is 12.1. The molecule has 42 heavy (non-hydrogen) atoms. The zero-order chi connectivity index (χ0) is 29.0. The number of rotatable bonds is 7. The van der Waals surface area contributed by atoms with Crippen LogP contribution >= 0.6 is 0 Å². The van der Waals surface area contributed by atoms with Crippen molar-refractivity contribution in [3.8, 4) is 23.2 Å². The van der Waals surface area contributed by atoms with Gasteiger partial charge in [0.25, 0.3) is 0 Å². The first-order chi connectivity index (χ1) is 20.4. The van der Waals surface area contributed by atoms with Crippen LogP contribution in [0, 0.1) is 23.1 Å². The van der Waals surface area contributed by atoms with E-state index in [-0.39, 0.29) is 30.2 Å². The lowest BCUT2D eigenvalue weighted by atomic mass is 9.93. The zero-order valence-electron chi connectivity index (χ0n) is 23.9. The van der Waals surface area contributed by atoms with Crippen molar-refractivity contribution in [2.45, 2.75) is 50.1 Å². The zero-order valence-corrected chi connectivity index (χ0v) is 23.9. The van der Waals surface area contributed by atoms with Gasteiger partial charge in [-0.1, -0.05) is 24.8 Å². The summed E-state index contributed by atoms with van der Waals surface area (Å²) in [7, 11) is 2.10. The van der Waals surface area contributed by atoms with Crippen LogP contribution in [0.2, 0.25) is 0 Å². The van der Waals surface area contributed by atoms with E-state index in [2.05, 4.69) is 30.7 Å². The number of ether oxygens (including phenoxy) is 1. The Morgan fingerprint density at radius 3 is 2.88 bits per heavy atom. The number of fused-ring (bicyclic) bond motifs is 4. The monoisotopic (exact) mass is 566 g/mol. The van der Waals surface area contributed by atoms with Gasteiger partial charge in [0, 0.05) is 36.6 Å². The Balaban J connectivity index is 1.29. The molecule has 0 radical (unpaired) electrons. The Bertz CT molecular complexity index is 1620. The number of nitrogens with zero attached hydrogens (tertiary/aromatic N) is 6. The standard InChI is InChI=1S/C33H35FN6O2/c1-3-30(41)40-13-12-39(18-22(40)9-10-35)32-27-16-28(34)26(24-8-4-6-20-14-21-15-25(21)31(20)24)17-29(27)36-33(37-32)42-19-23-7-5-11-38(23)2/h3-4,6,8,16-17,21-23,25H,1,5,7,9,11-15,18-19H2,2H3/t21-,22-,23-,25+/m0/s1. The summed E-state index contributed by atoms with van der Waals surface area (Å²) in [4.78, 5) is 28.1. The van der Waals surface area contributed by atoms with Crippen LogP contribution < -0.4 is 9.64 Å². The molecule has 4 aliphatic rings. The number of carbonyl (C=O) groups excluding carboxylic acids is 1. The van der Waals surface area contributed by atoms with Crippen molar-refractivity contribution in [1.82, 2.24) is 19.8 Å². The summed E-state index contributed by atoms with van der Waals surface area (Å²) < 4.78 is 22.3. The molecule has 7 rings (SSSR count). The summed E-state index contributed by atoms with van der Waals surface area (Å²) in [5.74, 6) is 1.28. The molecule has 2 aliphatic heterocycles. The molecule has 8 nitrogen and oxygen atoms in total. The van der Waals surface area contributed by atoms with Crippen LogP contribution in [0.5, 0.6) is 6.01 Å².